The first-order chi connectivity index (χ1) is 11.6. The number of piperidine rings is 1. The van der Waals surface area contributed by atoms with E-state index in [2.05, 4.69) is 12.6 Å². The van der Waals surface area contributed by atoms with Gasteiger partial charge in [-0.15, -0.1) is 0 Å². The molecule has 0 N–H and O–H groups in total. The average Bonchev–Trinajstić information content (AvgIpc) is 3.02. The van der Waals surface area contributed by atoms with E-state index >= 15 is 0 Å². The van der Waals surface area contributed by atoms with Crippen molar-refractivity contribution >= 4 is 24.6 Å². The molecule has 6 heteroatoms. The van der Waals surface area contributed by atoms with Gasteiger partial charge in [-0.2, -0.15) is 12.6 Å². The molecule has 0 radical (unpaired) electrons. The molecule has 2 saturated heterocycles. The van der Waals surface area contributed by atoms with Gasteiger partial charge in [0.05, 0.1) is 0 Å². The minimum absolute atomic E-state index is 0.0213. The van der Waals surface area contributed by atoms with E-state index in [0.717, 1.165) is 31.5 Å². The smallest absolute Gasteiger partial charge is 0.410 e. The van der Waals surface area contributed by atoms with Crippen molar-refractivity contribution in [2.45, 2.75) is 43.6 Å². The van der Waals surface area contributed by atoms with Crippen LogP contribution in [0.15, 0.2) is 30.3 Å². The van der Waals surface area contributed by atoms with Crippen LogP contribution < -0.4 is 0 Å². The third-order valence-electron chi connectivity index (χ3n) is 4.67. The van der Waals surface area contributed by atoms with Crippen LogP contribution in [0, 0.1) is 0 Å². The Morgan fingerprint density at radius 2 is 1.83 bits per heavy atom. The number of benzene rings is 1. The van der Waals surface area contributed by atoms with Crippen molar-refractivity contribution in [3.8, 4) is 0 Å². The van der Waals surface area contributed by atoms with Crippen LogP contribution in [0.4, 0.5) is 4.79 Å². The molecule has 3 rings (SSSR count). The van der Waals surface area contributed by atoms with Gasteiger partial charge in [0.2, 0.25) is 5.91 Å². The van der Waals surface area contributed by atoms with E-state index < -0.39 is 12.1 Å². The molecule has 0 saturated carbocycles. The number of hydrogen-bond donors (Lipinski definition) is 1. The van der Waals surface area contributed by atoms with Gasteiger partial charge in [0.1, 0.15) is 12.6 Å². The lowest BCUT2D eigenvalue weighted by molar-refractivity contribution is -0.136. The number of ether oxygens (including phenoxy) is 1. The maximum absolute atomic E-state index is 12.8. The molecule has 0 bridgehead atoms. The molecule has 2 aliphatic heterocycles. The van der Waals surface area contributed by atoms with Gasteiger partial charge in [-0.05, 0) is 31.2 Å². The number of likely N-dealkylation sites (tertiary alicyclic amines) is 2. The summed E-state index contributed by atoms with van der Waals surface area (Å²) in [7, 11) is 0. The minimum Gasteiger partial charge on any atom is -0.445 e. The van der Waals surface area contributed by atoms with Crippen LogP contribution in [-0.2, 0) is 16.1 Å². The molecule has 0 aromatic heterocycles. The van der Waals surface area contributed by atoms with Gasteiger partial charge < -0.3 is 9.64 Å². The summed E-state index contributed by atoms with van der Waals surface area (Å²) in [5.41, 5.74) is 0.936. The Bertz CT molecular complexity index is 575. The highest BCUT2D eigenvalue weighted by Gasteiger charge is 2.41. The molecule has 0 spiro atoms. The number of carbonyl (C=O) groups excluding carboxylic acids is 2. The Hall–Kier alpha value is -1.69. The Kier molecular flexibility index (Phi) is 5.66. The summed E-state index contributed by atoms with van der Waals surface area (Å²) in [5, 5.41) is 0.0213. The number of amides is 2. The summed E-state index contributed by atoms with van der Waals surface area (Å²) in [5.74, 6) is 0.0444. The van der Waals surface area contributed by atoms with Crippen LogP contribution in [0.25, 0.3) is 0 Å². The van der Waals surface area contributed by atoms with E-state index in [1.54, 1.807) is 4.90 Å². The average molecular weight is 348 g/mol. The molecule has 1 aromatic rings. The maximum Gasteiger partial charge on any atom is 0.410 e. The molecule has 1 aromatic carbocycles. The molecule has 2 fully saturated rings. The number of hydrogen-bond acceptors (Lipinski definition) is 4. The number of rotatable bonds is 3. The molecule has 24 heavy (non-hydrogen) atoms. The van der Waals surface area contributed by atoms with Crippen molar-refractivity contribution in [1.82, 2.24) is 9.80 Å². The Morgan fingerprint density at radius 1 is 1.12 bits per heavy atom. The molecule has 0 unspecified atom stereocenters. The van der Waals surface area contributed by atoms with E-state index in [-0.39, 0.29) is 17.8 Å². The zero-order chi connectivity index (χ0) is 16.9. The number of thiol groups is 1. The highest BCUT2D eigenvalue weighted by atomic mass is 32.1. The second-order valence-electron chi connectivity index (χ2n) is 6.48. The Labute approximate surface area is 148 Å². The summed E-state index contributed by atoms with van der Waals surface area (Å²) < 4.78 is 5.41. The van der Waals surface area contributed by atoms with E-state index in [1.807, 2.05) is 35.2 Å². The normalized spacial score (nSPS) is 24.0. The lowest BCUT2D eigenvalue weighted by Gasteiger charge is -2.32. The van der Waals surface area contributed by atoms with E-state index in [1.165, 1.54) is 6.42 Å². The second-order valence-corrected chi connectivity index (χ2v) is 7.21. The fourth-order valence-corrected chi connectivity index (χ4v) is 3.75. The van der Waals surface area contributed by atoms with E-state index in [0.29, 0.717) is 13.0 Å². The summed E-state index contributed by atoms with van der Waals surface area (Å²) in [6.07, 6.45) is 3.43. The standard InChI is InChI=1S/C18H24N2O3S/c21-17(19-9-5-2-6-10-19)16-11-15(24)12-20(16)18(22)23-13-14-7-3-1-4-8-14/h1,3-4,7-8,15-16,24H,2,5-6,9-13H2/t15-,16+/m1/s1. The molecule has 130 valence electrons. The van der Waals surface area contributed by atoms with Crippen LogP contribution >= 0.6 is 12.6 Å². The first-order valence-electron chi connectivity index (χ1n) is 8.59. The van der Waals surface area contributed by atoms with Gasteiger partial charge >= 0.3 is 6.09 Å². The predicted octanol–water partition coefficient (Wildman–Crippen LogP) is 2.71. The van der Waals surface area contributed by atoms with Gasteiger partial charge in [0, 0.05) is 24.9 Å². The molecule has 0 aliphatic carbocycles. The third kappa shape index (κ3) is 4.04. The molecule has 2 heterocycles. The van der Waals surface area contributed by atoms with E-state index in [9.17, 15) is 9.59 Å². The van der Waals surface area contributed by atoms with Crippen LogP contribution in [0.1, 0.15) is 31.2 Å². The fourth-order valence-electron chi connectivity index (χ4n) is 3.38. The van der Waals surface area contributed by atoms with Crippen LogP contribution in [0.5, 0.6) is 0 Å². The van der Waals surface area contributed by atoms with Crippen LogP contribution in [-0.4, -0.2) is 52.7 Å². The molecule has 2 amide bonds. The van der Waals surface area contributed by atoms with Gasteiger partial charge in [-0.25, -0.2) is 4.79 Å². The Morgan fingerprint density at radius 3 is 2.54 bits per heavy atom. The third-order valence-corrected chi connectivity index (χ3v) is 5.05. The SMILES string of the molecule is O=C([C@@H]1C[C@@H](S)CN1C(=O)OCc1ccccc1)N1CCCCC1. The van der Waals surface area contributed by atoms with Crippen LogP contribution in [0.2, 0.25) is 0 Å². The molecule has 5 nitrogen and oxygen atoms in total. The molecule has 2 atom stereocenters. The zero-order valence-electron chi connectivity index (χ0n) is 13.8. The predicted molar refractivity (Wildman–Crippen MR) is 94.9 cm³/mol. The van der Waals surface area contributed by atoms with Gasteiger partial charge in [-0.3, -0.25) is 9.69 Å². The number of nitrogens with zero attached hydrogens (tertiary/aromatic N) is 2. The molecule has 2 aliphatic rings. The molecular formula is C18H24N2O3S. The van der Waals surface area contributed by atoms with Crippen molar-refractivity contribution in [3.05, 3.63) is 35.9 Å². The summed E-state index contributed by atoms with van der Waals surface area (Å²) in [6.45, 7) is 2.26. The minimum atomic E-state index is -0.436. The van der Waals surface area contributed by atoms with Crippen molar-refractivity contribution in [3.63, 3.8) is 0 Å². The van der Waals surface area contributed by atoms with Gasteiger partial charge in [0.25, 0.3) is 0 Å². The van der Waals surface area contributed by atoms with Crippen LogP contribution in [0.3, 0.4) is 0 Å². The lowest BCUT2D eigenvalue weighted by atomic mass is 10.1. The topological polar surface area (TPSA) is 49.9 Å². The Balaban J connectivity index is 1.61. The largest absolute Gasteiger partial charge is 0.445 e. The van der Waals surface area contributed by atoms with Crippen molar-refractivity contribution in [1.29, 1.82) is 0 Å². The lowest BCUT2D eigenvalue weighted by Crippen LogP contribution is -2.49. The second kappa shape index (κ2) is 7.92. The zero-order valence-corrected chi connectivity index (χ0v) is 14.7. The van der Waals surface area contributed by atoms with Crippen molar-refractivity contribution in [2.24, 2.45) is 0 Å². The first kappa shape index (κ1) is 17.1. The summed E-state index contributed by atoms with van der Waals surface area (Å²) in [6, 6.07) is 9.12. The highest BCUT2D eigenvalue weighted by molar-refractivity contribution is 7.81. The van der Waals surface area contributed by atoms with E-state index in [4.69, 9.17) is 4.74 Å². The monoisotopic (exact) mass is 348 g/mol. The fraction of sp³-hybridized carbons (Fsp3) is 0.556. The highest BCUT2D eigenvalue weighted by Crippen LogP contribution is 2.25. The molecular weight excluding hydrogens is 324 g/mol. The van der Waals surface area contributed by atoms with Crippen molar-refractivity contribution in [2.75, 3.05) is 19.6 Å². The first-order valence-corrected chi connectivity index (χ1v) is 9.11. The number of carbonyl (C=O) groups is 2. The summed E-state index contributed by atoms with van der Waals surface area (Å²) >= 11 is 4.48. The summed E-state index contributed by atoms with van der Waals surface area (Å²) in [4.78, 5) is 28.7. The quantitative estimate of drug-likeness (QED) is 0.855. The van der Waals surface area contributed by atoms with Crippen molar-refractivity contribution < 1.29 is 14.3 Å². The maximum atomic E-state index is 12.8. The van der Waals surface area contributed by atoms with Gasteiger partial charge in [-0.1, -0.05) is 30.3 Å². The van der Waals surface area contributed by atoms with Gasteiger partial charge in [0.15, 0.2) is 0 Å².